The third-order valence-electron chi connectivity index (χ3n) is 4.55. The predicted molar refractivity (Wildman–Crippen MR) is 97.7 cm³/mol. The van der Waals surface area contributed by atoms with Gasteiger partial charge in [-0.1, -0.05) is 54.3 Å². The Morgan fingerprint density at radius 2 is 1.79 bits per heavy atom. The minimum Gasteiger partial charge on any atom is -0.207 e. The van der Waals surface area contributed by atoms with Gasteiger partial charge in [0.05, 0.1) is 10.9 Å². The molecule has 0 aliphatic carbocycles. The standard InChI is InChI=1S/C19H22ClNO2S/c1-15-6-5-7-16(14-15)19-8-3-2-4-13-21(19)24(22,23)18-11-9-17(20)10-12-18/h5-7,9-12,14,19H,2-4,8,13H2,1H3/t19-/m0/s1. The third-order valence-corrected chi connectivity index (χ3v) is 6.73. The fourth-order valence-corrected chi connectivity index (χ4v) is 5.13. The van der Waals surface area contributed by atoms with E-state index in [0.29, 0.717) is 16.5 Å². The van der Waals surface area contributed by atoms with Crippen molar-refractivity contribution >= 4 is 21.6 Å². The van der Waals surface area contributed by atoms with E-state index in [0.717, 1.165) is 36.8 Å². The summed E-state index contributed by atoms with van der Waals surface area (Å²) in [5.74, 6) is 0. The minimum atomic E-state index is -3.54. The van der Waals surface area contributed by atoms with Gasteiger partial charge in [-0.05, 0) is 49.6 Å². The molecule has 24 heavy (non-hydrogen) atoms. The second-order valence-electron chi connectivity index (χ2n) is 6.35. The number of hydrogen-bond acceptors (Lipinski definition) is 2. The lowest BCUT2D eigenvalue weighted by Crippen LogP contribution is -2.34. The average molecular weight is 364 g/mol. The molecule has 0 amide bonds. The second-order valence-corrected chi connectivity index (χ2v) is 8.68. The van der Waals surface area contributed by atoms with Crippen molar-refractivity contribution in [2.75, 3.05) is 6.54 Å². The molecule has 0 saturated carbocycles. The largest absolute Gasteiger partial charge is 0.243 e. The molecule has 3 nitrogen and oxygen atoms in total. The fourth-order valence-electron chi connectivity index (χ4n) is 3.32. The molecule has 0 radical (unpaired) electrons. The van der Waals surface area contributed by atoms with Gasteiger partial charge in [-0.25, -0.2) is 8.42 Å². The molecule has 128 valence electrons. The SMILES string of the molecule is Cc1cccc([C@@H]2CCCCCN2S(=O)(=O)c2ccc(Cl)cc2)c1. The number of nitrogens with zero attached hydrogens (tertiary/aromatic N) is 1. The lowest BCUT2D eigenvalue weighted by Gasteiger charge is -2.29. The number of benzene rings is 2. The molecule has 2 aromatic rings. The smallest absolute Gasteiger partial charge is 0.207 e. The summed E-state index contributed by atoms with van der Waals surface area (Å²) >= 11 is 5.91. The number of aryl methyl sites for hydroxylation is 1. The molecule has 2 aromatic carbocycles. The summed E-state index contributed by atoms with van der Waals surface area (Å²) in [7, 11) is -3.54. The minimum absolute atomic E-state index is 0.104. The van der Waals surface area contributed by atoms with Crippen LogP contribution in [0.2, 0.25) is 5.02 Å². The summed E-state index contributed by atoms with van der Waals surface area (Å²) in [4.78, 5) is 0.312. The zero-order chi connectivity index (χ0) is 17.2. The van der Waals surface area contributed by atoms with Crippen LogP contribution in [0.25, 0.3) is 0 Å². The normalized spacial score (nSPS) is 19.8. The molecule has 0 bridgehead atoms. The van der Waals surface area contributed by atoms with Crippen LogP contribution in [0.5, 0.6) is 0 Å². The first-order valence-electron chi connectivity index (χ1n) is 8.32. The highest BCUT2D eigenvalue weighted by atomic mass is 35.5. The van der Waals surface area contributed by atoms with Crippen molar-refractivity contribution in [3.63, 3.8) is 0 Å². The first-order valence-corrected chi connectivity index (χ1v) is 10.1. The summed E-state index contributed by atoms with van der Waals surface area (Å²) in [5.41, 5.74) is 2.23. The summed E-state index contributed by atoms with van der Waals surface area (Å²) in [5, 5.41) is 0.542. The molecule has 1 heterocycles. The van der Waals surface area contributed by atoms with Crippen molar-refractivity contribution < 1.29 is 8.42 Å². The molecular weight excluding hydrogens is 342 g/mol. The monoisotopic (exact) mass is 363 g/mol. The van der Waals surface area contributed by atoms with Crippen LogP contribution in [0.1, 0.15) is 42.9 Å². The lowest BCUT2D eigenvalue weighted by molar-refractivity contribution is 0.329. The molecule has 0 aromatic heterocycles. The Kier molecular flexibility index (Phi) is 5.28. The summed E-state index contributed by atoms with van der Waals surface area (Å²) in [6, 6.07) is 14.5. The number of sulfonamides is 1. The van der Waals surface area contributed by atoms with E-state index in [-0.39, 0.29) is 6.04 Å². The van der Waals surface area contributed by atoms with Gasteiger partial charge >= 0.3 is 0 Å². The van der Waals surface area contributed by atoms with Crippen LogP contribution in [-0.4, -0.2) is 19.3 Å². The molecule has 3 rings (SSSR count). The van der Waals surface area contributed by atoms with Crippen molar-refractivity contribution in [1.82, 2.24) is 4.31 Å². The predicted octanol–water partition coefficient (Wildman–Crippen LogP) is 4.95. The molecule has 0 unspecified atom stereocenters. The lowest BCUT2D eigenvalue weighted by atomic mass is 10.0. The zero-order valence-electron chi connectivity index (χ0n) is 13.8. The Labute approximate surface area is 149 Å². The Balaban J connectivity index is 2.02. The molecule has 1 saturated heterocycles. The van der Waals surface area contributed by atoms with Gasteiger partial charge in [-0.15, -0.1) is 0 Å². The molecular formula is C19H22ClNO2S. The van der Waals surface area contributed by atoms with Gasteiger partial charge in [-0.3, -0.25) is 0 Å². The summed E-state index contributed by atoms with van der Waals surface area (Å²) < 4.78 is 28.1. The maximum atomic E-state index is 13.2. The van der Waals surface area contributed by atoms with Crippen LogP contribution >= 0.6 is 11.6 Å². The van der Waals surface area contributed by atoms with Gasteiger partial charge < -0.3 is 0 Å². The van der Waals surface area contributed by atoms with Gasteiger partial charge in [0.15, 0.2) is 0 Å². The van der Waals surface area contributed by atoms with Crippen molar-refractivity contribution in [3.05, 3.63) is 64.7 Å². The fraction of sp³-hybridized carbons (Fsp3) is 0.368. The molecule has 0 spiro atoms. The van der Waals surface area contributed by atoms with Gasteiger partial charge in [-0.2, -0.15) is 4.31 Å². The average Bonchev–Trinajstić information content (AvgIpc) is 2.81. The molecule has 1 atom stereocenters. The van der Waals surface area contributed by atoms with E-state index < -0.39 is 10.0 Å². The topological polar surface area (TPSA) is 37.4 Å². The highest BCUT2D eigenvalue weighted by Gasteiger charge is 2.33. The number of halogens is 1. The first kappa shape index (κ1) is 17.5. The summed E-state index contributed by atoms with van der Waals surface area (Å²) in [6.45, 7) is 2.60. The Hall–Kier alpha value is -1.36. The van der Waals surface area contributed by atoms with Crippen LogP contribution in [0, 0.1) is 6.92 Å². The zero-order valence-corrected chi connectivity index (χ0v) is 15.4. The molecule has 5 heteroatoms. The summed E-state index contributed by atoms with van der Waals surface area (Å²) in [6.07, 6.45) is 3.87. The van der Waals surface area contributed by atoms with Crippen molar-refractivity contribution in [2.24, 2.45) is 0 Å². The van der Waals surface area contributed by atoms with Crippen LogP contribution in [0.4, 0.5) is 0 Å². The second kappa shape index (κ2) is 7.26. The van der Waals surface area contributed by atoms with E-state index in [1.165, 1.54) is 0 Å². The van der Waals surface area contributed by atoms with Gasteiger partial charge in [0, 0.05) is 11.6 Å². The van der Waals surface area contributed by atoms with Crippen LogP contribution in [0.15, 0.2) is 53.4 Å². The van der Waals surface area contributed by atoms with Gasteiger partial charge in [0.25, 0.3) is 0 Å². The van der Waals surface area contributed by atoms with E-state index in [4.69, 9.17) is 11.6 Å². The quantitative estimate of drug-likeness (QED) is 0.773. The highest BCUT2D eigenvalue weighted by molar-refractivity contribution is 7.89. The van der Waals surface area contributed by atoms with E-state index in [9.17, 15) is 8.42 Å². The van der Waals surface area contributed by atoms with E-state index >= 15 is 0 Å². The van der Waals surface area contributed by atoms with Crippen molar-refractivity contribution in [1.29, 1.82) is 0 Å². The van der Waals surface area contributed by atoms with E-state index in [1.54, 1.807) is 28.6 Å². The first-order chi connectivity index (χ1) is 11.5. The van der Waals surface area contributed by atoms with Crippen molar-refractivity contribution in [3.8, 4) is 0 Å². The number of rotatable bonds is 3. The van der Waals surface area contributed by atoms with E-state index in [2.05, 4.69) is 6.07 Å². The van der Waals surface area contributed by atoms with Gasteiger partial charge in [0.2, 0.25) is 10.0 Å². The Morgan fingerprint density at radius 1 is 1.04 bits per heavy atom. The molecule has 1 fully saturated rings. The van der Waals surface area contributed by atoms with E-state index in [1.807, 2.05) is 25.1 Å². The number of hydrogen-bond donors (Lipinski definition) is 0. The molecule has 0 N–H and O–H groups in total. The highest BCUT2D eigenvalue weighted by Crippen LogP contribution is 2.35. The van der Waals surface area contributed by atoms with Gasteiger partial charge in [0.1, 0.15) is 0 Å². The maximum absolute atomic E-state index is 13.2. The van der Waals surface area contributed by atoms with Crippen LogP contribution < -0.4 is 0 Å². The van der Waals surface area contributed by atoms with Crippen molar-refractivity contribution in [2.45, 2.75) is 43.5 Å². The molecule has 1 aliphatic heterocycles. The van der Waals surface area contributed by atoms with Crippen LogP contribution in [0.3, 0.4) is 0 Å². The molecule has 1 aliphatic rings. The Morgan fingerprint density at radius 3 is 2.50 bits per heavy atom. The maximum Gasteiger partial charge on any atom is 0.243 e. The Bertz CT molecular complexity index is 802. The van der Waals surface area contributed by atoms with Crippen LogP contribution in [-0.2, 0) is 10.0 Å². The third kappa shape index (κ3) is 3.66.